The average Bonchev–Trinajstić information content (AvgIpc) is 2.69. The van der Waals surface area contributed by atoms with Crippen LogP contribution in [0.1, 0.15) is 24.2 Å². The highest BCUT2D eigenvalue weighted by Gasteiger charge is 2.23. The molecule has 0 unspecified atom stereocenters. The maximum Gasteiger partial charge on any atom is 0.254 e. The average molecular weight is 352 g/mol. The molecule has 0 radical (unpaired) electrons. The first-order chi connectivity index (χ1) is 12.6. The number of hydrogen-bond acceptors (Lipinski definition) is 4. The molecule has 0 saturated carbocycles. The van der Waals surface area contributed by atoms with Gasteiger partial charge in [-0.3, -0.25) is 9.59 Å². The van der Waals surface area contributed by atoms with Crippen LogP contribution in [0.4, 0.5) is 11.5 Å². The number of amides is 2. The van der Waals surface area contributed by atoms with Gasteiger partial charge in [-0.05, 0) is 31.2 Å². The van der Waals surface area contributed by atoms with Crippen LogP contribution in [0.2, 0.25) is 0 Å². The predicted octanol–water partition coefficient (Wildman–Crippen LogP) is 2.54. The fraction of sp³-hybridized carbons (Fsp3) is 0.350. The number of piperazine rings is 1. The first-order valence-electron chi connectivity index (χ1n) is 8.93. The Morgan fingerprint density at radius 1 is 1.04 bits per heavy atom. The molecule has 3 rings (SSSR count). The molecule has 1 saturated heterocycles. The summed E-state index contributed by atoms with van der Waals surface area (Å²) in [6.07, 6.45) is 1.68. The van der Waals surface area contributed by atoms with Crippen LogP contribution < -0.4 is 4.90 Å². The minimum atomic E-state index is -0.0130. The molecule has 2 aromatic rings. The van der Waals surface area contributed by atoms with E-state index in [1.165, 1.54) is 0 Å². The SMILES string of the molecule is CCN(c1ccccc1)c1cc(C(=O)N2CCN(C(C)=O)CC2)ccn1. The highest BCUT2D eigenvalue weighted by atomic mass is 16.2. The number of hydrogen-bond donors (Lipinski definition) is 0. The largest absolute Gasteiger partial charge is 0.339 e. The molecule has 0 N–H and O–H groups in total. The molecule has 0 spiro atoms. The van der Waals surface area contributed by atoms with Crippen LogP contribution in [0.15, 0.2) is 48.7 Å². The third-order valence-corrected chi connectivity index (χ3v) is 4.67. The third-order valence-electron chi connectivity index (χ3n) is 4.67. The molecule has 1 aromatic heterocycles. The van der Waals surface area contributed by atoms with E-state index in [4.69, 9.17) is 0 Å². The smallest absolute Gasteiger partial charge is 0.254 e. The van der Waals surface area contributed by atoms with Gasteiger partial charge in [0.1, 0.15) is 5.82 Å². The third kappa shape index (κ3) is 3.85. The molecule has 136 valence electrons. The Hall–Kier alpha value is -2.89. The van der Waals surface area contributed by atoms with Crippen molar-refractivity contribution >= 4 is 23.3 Å². The zero-order chi connectivity index (χ0) is 18.5. The summed E-state index contributed by atoms with van der Waals surface area (Å²) in [7, 11) is 0. The summed E-state index contributed by atoms with van der Waals surface area (Å²) in [5.74, 6) is 0.803. The zero-order valence-electron chi connectivity index (χ0n) is 15.3. The Morgan fingerprint density at radius 2 is 1.69 bits per heavy atom. The molecule has 6 nitrogen and oxygen atoms in total. The Kier molecular flexibility index (Phi) is 5.51. The fourth-order valence-electron chi connectivity index (χ4n) is 3.19. The highest BCUT2D eigenvalue weighted by Crippen LogP contribution is 2.24. The Morgan fingerprint density at radius 3 is 2.31 bits per heavy atom. The van der Waals surface area contributed by atoms with Gasteiger partial charge in [-0.2, -0.15) is 0 Å². The van der Waals surface area contributed by atoms with Crippen molar-refractivity contribution in [2.75, 3.05) is 37.6 Å². The number of benzene rings is 1. The number of nitrogens with zero attached hydrogens (tertiary/aromatic N) is 4. The number of aromatic nitrogens is 1. The molecule has 1 aliphatic rings. The normalized spacial score (nSPS) is 14.2. The van der Waals surface area contributed by atoms with Crippen molar-refractivity contribution in [3.8, 4) is 0 Å². The summed E-state index contributed by atoms with van der Waals surface area (Å²) >= 11 is 0. The minimum Gasteiger partial charge on any atom is -0.339 e. The van der Waals surface area contributed by atoms with Crippen LogP contribution in [0.3, 0.4) is 0 Å². The van der Waals surface area contributed by atoms with E-state index in [0.29, 0.717) is 31.7 Å². The quantitative estimate of drug-likeness (QED) is 0.849. The summed E-state index contributed by atoms with van der Waals surface area (Å²) in [5, 5.41) is 0. The lowest BCUT2D eigenvalue weighted by Crippen LogP contribution is -2.50. The van der Waals surface area contributed by atoms with Gasteiger partial charge in [0.2, 0.25) is 5.91 Å². The van der Waals surface area contributed by atoms with Crippen molar-refractivity contribution in [1.82, 2.24) is 14.8 Å². The summed E-state index contributed by atoms with van der Waals surface area (Å²) in [5.41, 5.74) is 1.67. The predicted molar refractivity (Wildman–Crippen MR) is 102 cm³/mol. The van der Waals surface area contributed by atoms with Crippen LogP contribution in [0.5, 0.6) is 0 Å². The maximum atomic E-state index is 12.9. The lowest BCUT2D eigenvalue weighted by molar-refractivity contribution is -0.130. The van der Waals surface area contributed by atoms with Crippen molar-refractivity contribution in [3.63, 3.8) is 0 Å². The number of carbonyl (C=O) groups is 2. The Bertz CT molecular complexity index is 770. The van der Waals surface area contributed by atoms with Crippen molar-refractivity contribution in [3.05, 3.63) is 54.2 Å². The summed E-state index contributed by atoms with van der Waals surface area (Å²) in [6.45, 7) is 6.68. The zero-order valence-corrected chi connectivity index (χ0v) is 15.3. The standard InChI is InChI=1S/C20H24N4O2/c1-3-24(18-7-5-4-6-8-18)19-15-17(9-10-21-19)20(26)23-13-11-22(12-14-23)16(2)25/h4-10,15H,3,11-14H2,1-2H3. The van der Waals surface area contributed by atoms with E-state index in [1.807, 2.05) is 36.4 Å². The van der Waals surface area contributed by atoms with E-state index in [-0.39, 0.29) is 11.8 Å². The minimum absolute atomic E-state index is 0.0130. The molecule has 0 bridgehead atoms. The van der Waals surface area contributed by atoms with Gasteiger partial charge in [-0.1, -0.05) is 18.2 Å². The van der Waals surface area contributed by atoms with E-state index in [1.54, 1.807) is 29.0 Å². The van der Waals surface area contributed by atoms with Gasteiger partial charge in [0.25, 0.3) is 5.91 Å². The topological polar surface area (TPSA) is 56.8 Å². The molecule has 1 aliphatic heterocycles. The second-order valence-electron chi connectivity index (χ2n) is 6.28. The van der Waals surface area contributed by atoms with Crippen LogP contribution in [-0.2, 0) is 4.79 Å². The van der Waals surface area contributed by atoms with Crippen LogP contribution in [0, 0.1) is 0 Å². The fourth-order valence-corrected chi connectivity index (χ4v) is 3.19. The molecule has 0 atom stereocenters. The molecule has 2 heterocycles. The van der Waals surface area contributed by atoms with E-state index in [0.717, 1.165) is 18.1 Å². The van der Waals surface area contributed by atoms with E-state index >= 15 is 0 Å². The van der Waals surface area contributed by atoms with Crippen LogP contribution in [0.25, 0.3) is 0 Å². The van der Waals surface area contributed by atoms with Gasteiger partial charge in [-0.25, -0.2) is 4.98 Å². The van der Waals surface area contributed by atoms with E-state index in [2.05, 4.69) is 16.8 Å². The van der Waals surface area contributed by atoms with Gasteiger partial charge in [-0.15, -0.1) is 0 Å². The summed E-state index contributed by atoms with van der Waals surface area (Å²) < 4.78 is 0. The van der Waals surface area contributed by atoms with Gasteiger partial charge in [0.15, 0.2) is 0 Å². The second-order valence-corrected chi connectivity index (χ2v) is 6.28. The Labute approximate surface area is 154 Å². The number of para-hydroxylation sites is 1. The lowest BCUT2D eigenvalue weighted by atomic mass is 10.2. The lowest BCUT2D eigenvalue weighted by Gasteiger charge is -2.34. The molecular weight excluding hydrogens is 328 g/mol. The van der Waals surface area contributed by atoms with Gasteiger partial charge < -0.3 is 14.7 Å². The number of rotatable bonds is 4. The first kappa shape index (κ1) is 17.9. The van der Waals surface area contributed by atoms with Crippen molar-refractivity contribution < 1.29 is 9.59 Å². The van der Waals surface area contributed by atoms with Crippen molar-refractivity contribution in [2.24, 2.45) is 0 Å². The molecule has 0 aliphatic carbocycles. The second kappa shape index (κ2) is 7.99. The molecule has 1 fully saturated rings. The van der Waals surface area contributed by atoms with Gasteiger partial charge >= 0.3 is 0 Å². The van der Waals surface area contributed by atoms with Crippen molar-refractivity contribution in [2.45, 2.75) is 13.8 Å². The number of anilines is 2. The molecular formula is C20H24N4O2. The molecule has 2 amide bonds. The summed E-state index contributed by atoms with van der Waals surface area (Å²) in [6, 6.07) is 13.6. The van der Waals surface area contributed by atoms with Crippen LogP contribution in [-0.4, -0.2) is 59.3 Å². The van der Waals surface area contributed by atoms with Gasteiger partial charge in [0.05, 0.1) is 0 Å². The van der Waals surface area contributed by atoms with E-state index < -0.39 is 0 Å². The Balaban J connectivity index is 1.77. The van der Waals surface area contributed by atoms with Crippen LogP contribution >= 0.6 is 0 Å². The maximum absolute atomic E-state index is 12.9. The number of carbonyl (C=O) groups excluding carboxylic acids is 2. The van der Waals surface area contributed by atoms with E-state index in [9.17, 15) is 9.59 Å². The highest BCUT2D eigenvalue weighted by molar-refractivity contribution is 5.95. The van der Waals surface area contributed by atoms with Gasteiger partial charge in [0, 0.05) is 57.1 Å². The summed E-state index contributed by atoms with van der Waals surface area (Å²) in [4.78, 5) is 34.4. The first-order valence-corrected chi connectivity index (χ1v) is 8.93. The molecule has 26 heavy (non-hydrogen) atoms. The molecule has 1 aromatic carbocycles. The number of pyridine rings is 1. The van der Waals surface area contributed by atoms with Crippen molar-refractivity contribution in [1.29, 1.82) is 0 Å². The monoisotopic (exact) mass is 352 g/mol. The molecule has 6 heteroatoms.